The second kappa shape index (κ2) is 4.96. The largest absolute Gasteiger partial charge is 0.269 e. The van der Waals surface area contributed by atoms with Crippen LogP contribution in [0.3, 0.4) is 0 Å². The van der Waals surface area contributed by atoms with Gasteiger partial charge in [-0.1, -0.05) is 0 Å². The summed E-state index contributed by atoms with van der Waals surface area (Å²) in [6, 6.07) is 5.87. The molecule has 0 aromatic carbocycles. The molecule has 7 nitrogen and oxygen atoms in total. The van der Waals surface area contributed by atoms with E-state index in [4.69, 9.17) is 5.26 Å². The predicted octanol–water partition coefficient (Wildman–Crippen LogP) is 0.541. The van der Waals surface area contributed by atoms with E-state index >= 15 is 0 Å². The quantitative estimate of drug-likeness (QED) is 0.688. The maximum Gasteiger partial charge on any atom is 0.267 e. The van der Waals surface area contributed by atoms with E-state index in [2.05, 4.69) is 10.1 Å². The first-order valence-corrected chi connectivity index (χ1v) is 6.91. The van der Waals surface area contributed by atoms with Gasteiger partial charge in [0.2, 0.25) is 0 Å². The van der Waals surface area contributed by atoms with Crippen molar-refractivity contribution >= 4 is 16.3 Å². The van der Waals surface area contributed by atoms with Crippen LogP contribution in [0.2, 0.25) is 0 Å². The highest BCUT2D eigenvalue weighted by Gasteiger charge is 2.08. The molecule has 0 fully saturated rings. The summed E-state index contributed by atoms with van der Waals surface area (Å²) in [5.74, 6) is 0. The Balaban J connectivity index is 2.09. The first-order valence-electron chi connectivity index (χ1n) is 6.03. The summed E-state index contributed by atoms with van der Waals surface area (Å²) >= 11 is 1.36. The highest BCUT2D eigenvalue weighted by Crippen LogP contribution is 2.11. The lowest BCUT2D eigenvalue weighted by molar-refractivity contribution is 0.623. The Morgan fingerprint density at radius 1 is 1.33 bits per heavy atom. The van der Waals surface area contributed by atoms with Gasteiger partial charge in [0.15, 0.2) is 10.7 Å². The third-order valence-electron chi connectivity index (χ3n) is 2.92. The minimum absolute atomic E-state index is 0.0526. The highest BCUT2D eigenvalue weighted by atomic mass is 32.1. The zero-order chi connectivity index (χ0) is 15.0. The van der Waals surface area contributed by atoms with Gasteiger partial charge < -0.3 is 0 Å². The lowest BCUT2D eigenvalue weighted by atomic mass is 10.4. The molecule has 0 N–H and O–H groups in total. The SMILES string of the molecule is Cc1csc2nc(Cn3nc(C#N)ccc3=O)cc(=O)n12. The second-order valence-corrected chi connectivity index (χ2v) is 5.24. The number of aryl methyl sites for hydroxylation is 1. The summed E-state index contributed by atoms with van der Waals surface area (Å²) in [6.07, 6.45) is 0. The maximum atomic E-state index is 12.0. The molecule has 8 heteroatoms. The average Bonchev–Trinajstić information content (AvgIpc) is 2.83. The van der Waals surface area contributed by atoms with Crippen LogP contribution in [0.1, 0.15) is 17.1 Å². The molecule has 0 amide bonds. The fraction of sp³-hybridized carbons (Fsp3) is 0.154. The summed E-state index contributed by atoms with van der Waals surface area (Å²) in [6.45, 7) is 1.88. The van der Waals surface area contributed by atoms with Crippen molar-refractivity contribution in [1.82, 2.24) is 19.2 Å². The zero-order valence-corrected chi connectivity index (χ0v) is 11.8. The first kappa shape index (κ1) is 13.2. The molecule has 3 heterocycles. The summed E-state index contributed by atoms with van der Waals surface area (Å²) in [4.78, 5) is 28.7. The van der Waals surface area contributed by atoms with Gasteiger partial charge in [-0.25, -0.2) is 9.67 Å². The second-order valence-electron chi connectivity index (χ2n) is 4.41. The monoisotopic (exact) mass is 299 g/mol. The molecule has 0 aliphatic rings. The number of thiazole rings is 1. The Bertz CT molecular complexity index is 992. The Kier molecular flexibility index (Phi) is 3.12. The zero-order valence-electron chi connectivity index (χ0n) is 11.0. The molecule has 0 saturated heterocycles. The van der Waals surface area contributed by atoms with E-state index in [1.165, 1.54) is 33.9 Å². The summed E-state index contributed by atoms with van der Waals surface area (Å²) in [7, 11) is 0. The van der Waals surface area contributed by atoms with Crippen molar-refractivity contribution in [3.63, 3.8) is 0 Å². The number of nitrogens with zero attached hydrogens (tertiary/aromatic N) is 5. The molecule has 0 unspecified atom stereocenters. The Morgan fingerprint density at radius 2 is 2.14 bits per heavy atom. The molecule has 0 radical (unpaired) electrons. The molecule has 0 aliphatic heterocycles. The van der Waals surface area contributed by atoms with Gasteiger partial charge in [0.05, 0.1) is 12.2 Å². The van der Waals surface area contributed by atoms with Crippen LogP contribution >= 0.6 is 11.3 Å². The van der Waals surface area contributed by atoms with Crippen LogP contribution in [0.15, 0.2) is 33.2 Å². The number of hydrogen-bond donors (Lipinski definition) is 0. The van der Waals surface area contributed by atoms with Gasteiger partial charge in [-0.15, -0.1) is 11.3 Å². The Morgan fingerprint density at radius 3 is 2.90 bits per heavy atom. The highest BCUT2D eigenvalue weighted by molar-refractivity contribution is 7.15. The standard InChI is InChI=1S/C13H9N5O2S/c1-8-7-21-13-15-10(4-12(20)18(8)13)6-17-11(19)3-2-9(5-14)16-17/h2-4,7H,6H2,1H3. The fourth-order valence-electron chi connectivity index (χ4n) is 1.96. The molecule has 0 bridgehead atoms. The molecule has 104 valence electrons. The smallest absolute Gasteiger partial charge is 0.267 e. The van der Waals surface area contributed by atoms with E-state index in [9.17, 15) is 9.59 Å². The predicted molar refractivity (Wildman–Crippen MR) is 76.4 cm³/mol. The molecular weight excluding hydrogens is 290 g/mol. The van der Waals surface area contributed by atoms with Gasteiger partial charge in [0, 0.05) is 23.2 Å². The van der Waals surface area contributed by atoms with Crippen LogP contribution in [0, 0.1) is 18.3 Å². The molecule has 0 atom stereocenters. The summed E-state index contributed by atoms with van der Waals surface area (Å²) in [5, 5.41) is 14.6. The van der Waals surface area contributed by atoms with Crippen molar-refractivity contribution in [2.24, 2.45) is 0 Å². The topological polar surface area (TPSA) is 93.0 Å². The van der Waals surface area contributed by atoms with Gasteiger partial charge in [-0.05, 0) is 13.0 Å². The maximum absolute atomic E-state index is 12.0. The summed E-state index contributed by atoms with van der Waals surface area (Å²) < 4.78 is 2.63. The molecule has 3 rings (SSSR count). The lowest BCUT2D eigenvalue weighted by Gasteiger charge is -2.04. The van der Waals surface area contributed by atoms with E-state index in [1.807, 2.05) is 18.4 Å². The van der Waals surface area contributed by atoms with Crippen LogP contribution in [0.5, 0.6) is 0 Å². The van der Waals surface area contributed by atoms with Crippen LogP contribution in [0.25, 0.3) is 4.96 Å². The molecular formula is C13H9N5O2S. The number of rotatable bonds is 2. The molecule has 0 saturated carbocycles. The van der Waals surface area contributed by atoms with E-state index < -0.39 is 0 Å². The number of nitriles is 1. The van der Waals surface area contributed by atoms with E-state index in [-0.39, 0.29) is 23.4 Å². The van der Waals surface area contributed by atoms with E-state index in [1.54, 1.807) is 0 Å². The van der Waals surface area contributed by atoms with E-state index in [0.29, 0.717) is 10.7 Å². The van der Waals surface area contributed by atoms with Gasteiger partial charge in [-0.2, -0.15) is 10.4 Å². The van der Waals surface area contributed by atoms with Crippen molar-refractivity contribution in [1.29, 1.82) is 5.26 Å². The van der Waals surface area contributed by atoms with Crippen molar-refractivity contribution in [3.05, 3.63) is 61.4 Å². The van der Waals surface area contributed by atoms with Gasteiger partial charge in [-0.3, -0.25) is 14.0 Å². The molecule has 0 aliphatic carbocycles. The molecule has 3 aromatic rings. The Hall–Kier alpha value is -2.79. The Labute approximate surface area is 122 Å². The average molecular weight is 299 g/mol. The lowest BCUT2D eigenvalue weighted by Crippen LogP contribution is -2.25. The van der Waals surface area contributed by atoms with Crippen LogP contribution < -0.4 is 11.1 Å². The molecule has 0 spiro atoms. The fourth-order valence-corrected chi connectivity index (χ4v) is 2.85. The van der Waals surface area contributed by atoms with Gasteiger partial charge in [0.25, 0.3) is 11.1 Å². The van der Waals surface area contributed by atoms with Gasteiger partial charge >= 0.3 is 0 Å². The number of aromatic nitrogens is 4. The van der Waals surface area contributed by atoms with Crippen molar-refractivity contribution in [2.75, 3.05) is 0 Å². The third-order valence-corrected chi connectivity index (χ3v) is 3.87. The first-order chi connectivity index (χ1) is 10.1. The van der Waals surface area contributed by atoms with E-state index in [0.717, 1.165) is 10.4 Å². The van der Waals surface area contributed by atoms with Crippen molar-refractivity contribution in [2.45, 2.75) is 13.5 Å². The number of hydrogen-bond acceptors (Lipinski definition) is 6. The normalized spacial score (nSPS) is 10.7. The van der Waals surface area contributed by atoms with Crippen molar-refractivity contribution in [3.8, 4) is 6.07 Å². The molecule has 3 aromatic heterocycles. The summed E-state index contributed by atoms with van der Waals surface area (Å²) in [5.41, 5.74) is 0.850. The van der Waals surface area contributed by atoms with Gasteiger partial charge in [0.1, 0.15) is 6.07 Å². The van der Waals surface area contributed by atoms with Crippen LogP contribution in [-0.4, -0.2) is 19.2 Å². The minimum Gasteiger partial charge on any atom is -0.269 e. The third kappa shape index (κ3) is 2.34. The van der Waals surface area contributed by atoms with Crippen LogP contribution in [0.4, 0.5) is 0 Å². The molecule has 21 heavy (non-hydrogen) atoms. The number of fused-ring (bicyclic) bond motifs is 1. The minimum atomic E-state index is -0.349. The van der Waals surface area contributed by atoms with Crippen LogP contribution in [-0.2, 0) is 6.54 Å². The van der Waals surface area contributed by atoms with Crippen molar-refractivity contribution < 1.29 is 0 Å².